The van der Waals surface area contributed by atoms with Crippen LogP contribution in [0, 0.1) is 13.8 Å². The Balaban J connectivity index is 1.84. The number of carbonyl (C=O) groups is 1. The lowest BCUT2D eigenvalue weighted by molar-refractivity contribution is -0.136. The predicted molar refractivity (Wildman–Crippen MR) is 115 cm³/mol. The maximum atomic E-state index is 13.4. The summed E-state index contributed by atoms with van der Waals surface area (Å²) < 4.78 is 40.1. The molecule has 0 unspecified atom stereocenters. The molecule has 1 N–H and O–H groups in total. The summed E-state index contributed by atoms with van der Waals surface area (Å²) >= 11 is 0.943. The Morgan fingerprint density at radius 3 is 2.44 bits per heavy atom. The molecular weight excluding hydrogens is 443 g/mol. The van der Waals surface area contributed by atoms with E-state index in [1.165, 1.54) is 4.57 Å². The van der Waals surface area contributed by atoms with Gasteiger partial charge in [0.05, 0.1) is 22.3 Å². The van der Waals surface area contributed by atoms with E-state index in [0.717, 1.165) is 22.9 Å². The summed E-state index contributed by atoms with van der Waals surface area (Å²) in [4.78, 5) is 25.3. The zero-order valence-electron chi connectivity index (χ0n) is 17.1. The fraction of sp³-hybridized carbons (Fsp3) is 0.238. The zero-order chi connectivity index (χ0) is 23.0. The fourth-order valence-electron chi connectivity index (χ4n) is 3.51. The predicted octanol–water partition coefficient (Wildman–Crippen LogP) is 3.42. The van der Waals surface area contributed by atoms with E-state index < -0.39 is 18.6 Å². The first-order valence-electron chi connectivity index (χ1n) is 9.59. The Bertz CT molecular complexity index is 1370. The maximum absolute atomic E-state index is 13.4. The Morgan fingerprint density at radius 2 is 1.75 bits per heavy atom. The van der Waals surface area contributed by atoms with E-state index in [2.05, 4.69) is 10.2 Å². The molecule has 166 valence electrons. The van der Waals surface area contributed by atoms with E-state index in [0.29, 0.717) is 21.7 Å². The van der Waals surface area contributed by atoms with Crippen LogP contribution in [-0.4, -0.2) is 43.5 Å². The van der Waals surface area contributed by atoms with Crippen LogP contribution >= 0.6 is 11.8 Å². The van der Waals surface area contributed by atoms with Crippen molar-refractivity contribution in [2.24, 2.45) is 0 Å². The molecule has 0 atom stereocenters. The number of aryl methyl sites for hydroxylation is 2. The summed E-state index contributed by atoms with van der Waals surface area (Å²) in [6.45, 7) is 2.37. The number of hydrogen-bond donors (Lipinski definition) is 1. The van der Waals surface area contributed by atoms with Gasteiger partial charge in [0.15, 0.2) is 5.16 Å². The Labute approximate surface area is 184 Å². The highest BCUT2D eigenvalue weighted by molar-refractivity contribution is 7.99. The number of alkyl halides is 3. The van der Waals surface area contributed by atoms with Crippen molar-refractivity contribution in [1.82, 2.24) is 24.5 Å². The second kappa shape index (κ2) is 8.30. The fourth-order valence-corrected chi connectivity index (χ4v) is 4.28. The number of carbonyl (C=O) groups excluding carboxylic acids is 1. The van der Waals surface area contributed by atoms with Crippen LogP contribution in [-0.2, 0) is 4.79 Å². The Hall–Kier alpha value is -3.34. The van der Waals surface area contributed by atoms with E-state index in [-0.39, 0.29) is 17.1 Å². The molecule has 4 rings (SSSR count). The lowest BCUT2D eigenvalue weighted by Gasteiger charge is -2.15. The van der Waals surface area contributed by atoms with Gasteiger partial charge in [0.2, 0.25) is 11.7 Å². The molecule has 7 nitrogen and oxygen atoms in total. The van der Waals surface area contributed by atoms with Crippen molar-refractivity contribution in [3.63, 3.8) is 0 Å². The molecule has 0 spiro atoms. The van der Waals surface area contributed by atoms with E-state index >= 15 is 0 Å². The van der Waals surface area contributed by atoms with Gasteiger partial charge in [0.1, 0.15) is 6.54 Å². The molecular formula is C21H18F3N5O2S. The number of nitrogens with zero attached hydrogens (tertiary/aromatic N) is 4. The molecule has 32 heavy (non-hydrogen) atoms. The number of halogens is 3. The summed E-state index contributed by atoms with van der Waals surface area (Å²) in [6.07, 6.45) is -4.49. The van der Waals surface area contributed by atoms with Gasteiger partial charge in [0, 0.05) is 0 Å². The van der Waals surface area contributed by atoms with Gasteiger partial charge in [-0.3, -0.25) is 14.0 Å². The number of thioether (sulfide) groups is 1. The van der Waals surface area contributed by atoms with Crippen LogP contribution < -0.4 is 10.9 Å². The number of hydrogen-bond acceptors (Lipinski definition) is 5. The molecule has 0 aliphatic heterocycles. The molecule has 0 radical (unpaired) electrons. The summed E-state index contributed by atoms with van der Waals surface area (Å²) in [5.74, 6) is -0.811. The zero-order valence-corrected chi connectivity index (χ0v) is 17.9. The summed E-state index contributed by atoms with van der Waals surface area (Å²) in [6, 6.07) is 12.6. The van der Waals surface area contributed by atoms with Gasteiger partial charge in [-0.05, 0) is 37.1 Å². The van der Waals surface area contributed by atoms with E-state index in [9.17, 15) is 22.8 Å². The number of fused-ring (bicyclic) bond motifs is 3. The van der Waals surface area contributed by atoms with Gasteiger partial charge >= 0.3 is 6.18 Å². The SMILES string of the molecule is Cc1cccc(C)c1-n1c(=O)c2ccccc2n2c(SCC(=O)NCC(F)(F)F)nnc12. The second-order valence-electron chi connectivity index (χ2n) is 7.20. The molecule has 0 fully saturated rings. The van der Waals surface area contributed by atoms with Crippen molar-refractivity contribution in [3.8, 4) is 5.69 Å². The van der Waals surface area contributed by atoms with Crippen LogP contribution in [0.15, 0.2) is 52.4 Å². The molecule has 0 aliphatic rings. The van der Waals surface area contributed by atoms with Gasteiger partial charge in [-0.2, -0.15) is 13.2 Å². The molecule has 11 heteroatoms. The number of aromatic nitrogens is 4. The van der Waals surface area contributed by atoms with Crippen molar-refractivity contribution in [3.05, 3.63) is 63.9 Å². The van der Waals surface area contributed by atoms with Gasteiger partial charge < -0.3 is 5.32 Å². The molecule has 0 saturated carbocycles. The first-order chi connectivity index (χ1) is 15.2. The highest BCUT2D eigenvalue weighted by Crippen LogP contribution is 2.25. The average Bonchev–Trinajstić information content (AvgIpc) is 3.16. The summed E-state index contributed by atoms with van der Waals surface area (Å²) in [5, 5.41) is 10.9. The third-order valence-electron chi connectivity index (χ3n) is 4.88. The molecule has 2 aromatic heterocycles. The summed E-state index contributed by atoms with van der Waals surface area (Å²) in [5.41, 5.74) is 2.69. The van der Waals surface area contributed by atoms with Crippen molar-refractivity contribution >= 4 is 34.3 Å². The van der Waals surface area contributed by atoms with Crippen LogP contribution in [0.4, 0.5) is 13.2 Å². The number of rotatable bonds is 5. The quantitative estimate of drug-likeness (QED) is 0.461. The third kappa shape index (κ3) is 4.07. The Kier molecular flexibility index (Phi) is 5.68. The van der Waals surface area contributed by atoms with Gasteiger partial charge in [-0.25, -0.2) is 4.57 Å². The summed E-state index contributed by atoms with van der Waals surface area (Å²) in [7, 11) is 0. The number of benzene rings is 2. The maximum Gasteiger partial charge on any atom is 0.405 e. The minimum Gasteiger partial charge on any atom is -0.346 e. The molecule has 0 saturated heterocycles. The standard InChI is InChI=1S/C21H18F3N5O2S/c1-12-6-5-7-13(2)17(12)29-18(31)14-8-3-4-9-15(14)28-19(29)26-27-20(28)32-10-16(30)25-11-21(22,23)24/h3-9H,10-11H2,1-2H3,(H,25,30). The molecule has 2 aromatic carbocycles. The number of para-hydroxylation sites is 2. The van der Waals surface area contributed by atoms with Crippen molar-refractivity contribution in [2.75, 3.05) is 12.3 Å². The molecule has 0 bridgehead atoms. The third-order valence-corrected chi connectivity index (χ3v) is 5.81. The lowest BCUT2D eigenvalue weighted by atomic mass is 10.1. The minimum absolute atomic E-state index is 0.254. The van der Waals surface area contributed by atoms with Crippen molar-refractivity contribution < 1.29 is 18.0 Å². The highest BCUT2D eigenvalue weighted by atomic mass is 32.2. The van der Waals surface area contributed by atoms with Gasteiger partial charge in [-0.15, -0.1) is 10.2 Å². The smallest absolute Gasteiger partial charge is 0.346 e. The minimum atomic E-state index is -4.49. The molecule has 2 heterocycles. The first kappa shape index (κ1) is 21.9. The number of nitrogens with one attached hydrogen (secondary N) is 1. The van der Waals surface area contributed by atoms with Gasteiger partial charge in [0.25, 0.3) is 5.56 Å². The van der Waals surface area contributed by atoms with Crippen LogP contribution in [0.1, 0.15) is 11.1 Å². The molecule has 4 aromatic rings. The largest absolute Gasteiger partial charge is 0.405 e. The van der Waals surface area contributed by atoms with Crippen LogP contribution in [0.3, 0.4) is 0 Å². The Morgan fingerprint density at radius 1 is 1.06 bits per heavy atom. The van der Waals surface area contributed by atoms with Crippen LogP contribution in [0.25, 0.3) is 22.4 Å². The average molecular weight is 461 g/mol. The van der Waals surface area contributed by atoms with E-state index in [1.54, 1.807) is 28.7 Å². The van der Waals surface area contributed by atoms with Gasteiger partial charge in [-0.1, -0.05) is 42.1 Å². The second-order valence-corrected chi connectivity index (χ2v) is 8.14. The van der Waals surface area contributed by atoms with Crippen molar-refractivity contribution in [2.45, 2.75) is 25.2 Å². The van der Waals surface area contributed by atoms with Crippen LogP contribution in [0.2, 0.25) is 0 Å². The molecule has 0 aliphatic carbocycles. The molecule has 1 amide bonds. The lowest BCUT2D eigenvalue weighted by Crippen LogP contribution is -2.34. The first-order valence-corrected chi connectivity index (χ1v) is 10.6. The van der Waals surface area contributed by atoms with E-state index in [4.69, 9.17) is 0 Å². The van der Waals surface area contributed by atoms with Crippen LogP contribution in [0.5, 0.6) is 0 Å². The highest BCUT2D eigenvalue weighted by Gasteiger charge is 2.28. The monoisotopic (exact) mass is 461 g/mol. The topological polar surface area (TPSA) is 81.3 Å². The number of amides is 1. The van der Waals surface area contributed by atoms with E-state index in [1.807, 2.05) is 37.4 Å². The normalized spacial score (nSPS) is 11.9. The van der Waals surface area contributed by atoms with Crippen molar-refractivity contribution in [1.29, 1.82) is 0 Å².